The van der Waals surface area contributed by atoms with Crippen LogP contribution in [0.5, 0.6) is 11.5 Å². The van der Waals surface area contributed by atoms with Crippen molar-refractivity contribution < 1.29 is 19.1 Å². The lowest BCUT2D eigenvalue weighted by atomic mass is 9.97. The Morgan fingerprint density at radius 1 is 1.00 bits per heavy atom. The fraction of sp³-hybridized carbons (Fsp3) is 0.235. The van der Waals surface area contributed by atoms with Crippen LogP contribution in [-0.2, 0) is 11.2 Å². The summed E-state index contributed by atoms with van der Waals surface area (Å²) in [7, 11) is 1.59. The van der Waals surface area contributed by atoms with Crippen molar-refractivity contribution in [2.24, 2.45) is 0 Å². The van der Waals surface area contributed by atoms with Crippen molar-refractivity contribution in [2.45, 2.75) is 45.4 Å². The number of ether oxygens (including phenoxy) is 2. The minimum Gasteiger partial charge on any atom is -0.497 e. The van der Waals surface area contributed by atoms with Crippen LogP contribution in [-0.4, -0.2) is 23.6 Å². The van der Waals surface area contributed by atoms with Gasteiger partial charge in [-0.25, -0.2) is 0 Å². The van der Waals surface area contributed by atoms with E-state index in [9.17, 15) is 9.59 Å². The lowest BCUT2D eigenvalue weighted by molar-refractivity contribution is -0.133. The molecule has 1 aliphatic carbocycles. The summed E-state index contributed by atoms with van der Waals surface area (Å²) in [4.78, 5) is 26.7. The minimum atomic E-state index is -0.405. The maximum atomic E-state index is 13.5. The number of esters is 1. The highest BCUT2D eigenvalue weighted by Gasteiger charge is 2.23. The molecule has 40 heavy (non-hydrogen) atoms. The Morgan fingerprint density at radius 3 is 2.58 bits per heavy atom. The fourth-order valence-electron chi connectivity index (χ4n) is 5.23. The molecule has 5 nitrogen and oxygen atoms in total. The van der Waals surface area contributed by atoms with E-state index in [0.717, 1.165) is 22.9 Å². The summed E-state index contributed by atoms with van der Waals surface area (Å²) in [6.07, 6.45) is 12.4. The Labute approximate surface area is 239 Å². The Balaban J connectivity index is 1.37. The number of hydrogen-bond acceptors (Lipinski definition) is 4. The normalized spacial score (nSPS) is 13.4. The molecule has 5 rings (SSSR count). The molecule has 0 radical (unpaired) electrons. The molecule has 1 heterocycles. The zero-order valence-electron chi connectivity index (χ0n) is 22.8. The Morgan fingerprint density at radius 2 is 1.82 bits per heavy atom. The number of rotatable bonds is 8. The second-order valence-electron chi connectivity index (χ2n) is 10.0. The van der Waals surface area contributed by atoms with E-state index in [-0.39, 0.29) is 12.3 Å². The van der Waals surface area contributed by atoms with Crippen LogP contribution in [0.2, 0.25) is 5.02 Å². The van der Waals surface area contributed by atoms with Crippen molar-refractivity contribution in [1.29, 1.82) is 0 Å². The molecule has 0 atom stereocenters. The van der Waals surface area contributed by atoms with Crippen LogP contribution in [0.25, 0.3) is 17.0 Å². The van der Waals surface area contributed by atoms with Gasteiger partial charge in [-0.3, -0.25) is 14.2 Å². The zero-order valence-corrected chi connectivity index (χ0v) is 23.5. The summed E-state index contributed by atoms with van der Waals surface area (Å²) in [5.74, 6) is 0.520. The highest BCUT2D eigenvalue weighted by molar-refractivity contribution is 6.30. The molecule has 4 aromatic rings. The van der Waals surface area contributed by atoms with Gasteiger partial charge in [0.2, 0.25) is 0 Å². The third-order valence-corrected chi connectivity index (χ3v) is 7.57. The maximum Gasteiger partial charge on any atom is 0.315 e. The van der Waals surface area contributed by atoms with Gasteiger partial charge >= 0.3 is 5.97 Å². The van der Waals surface area contributed by atoms with Gasteiger partial charge in [0.05, 0.1) is 19.0 Å². The smallest absolute Gasteiger partial charge is 0.315 e. The van der Waals surface area contributed by atoms with Crippen LogP contribution in [0.4, 0.5) is 0 Å². The van der Waals surface area contributed by atoms with Crippen molar-refractivity contribution in [3.05, 3.63) is 112 Å². The quantitative estimate of drug-likeness (QED) is 0.125. The second-order valence-corrected chi connectivity index (χ2v) is 10.5. The molecule has 0 spiro atoms. The van der Waals surface area contributed by atoms with Gasteiger partial charge in [0.25, 0.3) is 5.91 Å². The van der Waals surface area contributed by atoms with E-state index in [2.05, 4.69) is 18.2 Å². The first-order valence-electron chi connectivity index (χ1n) is 13.6. The Hall–Kier alpha value is -4.09. The maximum absolute atomic E-state index is 13.5. The first kappa shape index (κ1) is 27.5. The monoisotopic (exact) mass is 553 g/mol. The number of aromatic nitrogens is 1. The van der Waals surface area contributed by atoms with Crippen LogP contribution < -0.4 is 9.47 Å². The van der Waals surface area contributed by atoms with Gasteiger partial charge in [-0.15, -0.1) is 0 Å². The van der Waals surface area contributed by atoms with E-state index in [0.29, 0.717) is 33.3 Å². The zero-order chi connectivity index (χ0) is 28.1. The molecule has 1 aromatic heterocycles. The topological polar surface area (TPSA) is 57.5 Å². The van der Waals surface area contributed by atoms with Crippen LogP contribution in [0, 0.1) is 6.92 Å². The van der Waals surface area contributed by atoms with E-state index in [4.69, 9.17) is 21.1 Å². The van der Waals surface area contributed by atoms with Crippen LogP contribution in [0.1, 0.15) is 59.3 Å². The predicted molar refractivity (Wildman–Crippen MR) is 160 cm³/mol. The molecular weight excluding hydrogens is 522 g/mol. The molecule has 0 amide bonds. The SMILES string of the molecule is COc1ccc2c(c1)c(CC(=O)Oc1cccc(/C=C/CC3=CCCCC3)c1)c(C)n2C(=O)c1ccc(Cl)cc1. The fourth-order valence-corrected chi connectivity index (χ4v) is 5.35. The number of halogens is 1. The van der Waals surface area contributed by atoms with Crippen molar-refractivity contribution in [3.8, 4) is 11.5 Å². The standard InChI is InChI=1S/C34H32ClNO4/c1-23-30(22-33(37)40-29-13-7-12-25(20-29)11-6-10-24-8-4-3-5-9-24)31-21-28(39-2)18-19-32(31)36(23)34(38)26-14-16-27(35)17-15-26/h6-8,11-21H,3-5,9-10,22H2,1-2H3/b11-6+. The van der Waals surface area contributed by atoms with E-state index in [1.807, 2.05) is 37.3 Å². The molecular formula is C34H32ClNO4. The molecule has 0 N–H and O–H groups in total. The largest absolute Gasteiger partial charge is 0.497 e. The molecule has 6 heteroatoms. The summed E-state index contributed by atoms with van der Waals surface area (Å²) < 4.78 is 12.8. The summed E-state index contributed by atoms with van der Waals surface area (Å²) in [6.45, 7) is 1.84. The number of hydrogen-bond donors (Lipinski definition) is 0. The number of fused-ring (bicyclic) bond motifs is 1. The number of carbonyl (C=O) groups excluding carboxylic acids is 2. The molecule has 0 saturated heterocycles. The predicted octanol–water partition coefficient (Wildman–Crippen LogP) is 8.35. The number of nitrogens with zero attached hydrogens (tertiary/aromatic N) is 1. The molecule has 0 unspecified atom stereocenters. The molecule has 204 valence electrons. The number of allylic oxidation sites excluding steroid dienone is 3. The van der Waals surface area contributed by atoms with E-state index in [1.54, 1.807) is 48.1 Å². The summed E-state index contributed by atoms with van der Waals surface area (Å²) >= 11 is 6.03. The van der Waals surface area contributed by atoms with Gasteiger partial charge in [0.1, 0.15) is 11.5 Å². The van der Waals surface area contributed by atoms with Crippen LogP contribution >= 0.6 is 11.6 Å². The van der Waals surface area contributed by atoms with Gasteiger partial charge in [0, 0.05) is 21.7 Å². The van der Waals surface area contributed by atoms with Crippen molar-refractivity contribution in [3.63, 3.8) is 0 Å². The minimum absolute atomic E-state index is 0.00458. The average molecular weight is 554 g/mol. The molecule has 0 bridgehead atoms. The Bertz CT molecular complexity index is 1610. The number of benzene rings is 3. The summed E-state index contributed by atoms with van der Waals surface area (Å²) in [6, 6.07) is 19.8. The molecule has 0 aliphatic heterocycles. The molecule has 0 saturated carbocycles. The lowest BCUT2D eigenvalue weighted by Crippen LogP contribution is -2.15. The van der Waals surface area contributed by atoms with Crippen molar-refractivity contribution >= 4 is 40.5 Å². The summed E-state index contributed by atoms with van der Waals surface area (Å²) in [5.41, 5.74) is 5.06. The lowest BCUT2D eigenvalue weighted by Gasteiger charge is -2.10. The van der Waals surface area contributed by atoms with Gasteiger partial charge in [0.15, 0.2) is 0 Å². The van der Waals surface area contributed by atoms with Gasteiger partial charge in [-0.2, -0.15) is 0 Å². The first-order valence-corrected chi connectivity index (χ1v) is 13.9. The first-order chi connectivity index (χ1) is 19.4. The molecule has 1 aliphatic rings. The van der Waals surface area contributed by atoms with Crippen molar-refractivity contribution in [1.82, 2.24) is 4.57 Å². The summed E-state index contributed by atoms with van der Waals surface area (Å²) in [5, 5.41) is 1.32. The third-order valence-electron chi connectivity index (χ3n) is 7.32. The van der Waals surface area contributed by atoms with Crippen LogP contribution in [0.3, 0.4) is 0 Å². The highest BCUT2D eigenvalue weighted by Crippen LogP contribution is 2.31. The average Bonchev–Trinajstić information content (AvgIpc) is 3.23. The van der Waals surface area contributed by atoms with E-state index >= 15 is 0 Å². The second kappa shape index (κ2) is 12.4. The van der Waals surface area contributed by atoms with E-state index < -0.39 is 5.97 Å². The van der Waals surface area contributed by atoms with E-state index in [1.165, 1.54) is 31.3 Å². The third kappa shape index (κ3) is 6.21. The van der Waals surface area contributed by atoms with Gasteiger partial charge in [-0.05, 0) is 105 Å². The molecule has 3 aromatic carbocycles. The van der Waals surface area contributed by atoms with Gasteiger partial charge < -0.3 is 9.47 Å². The van der Waals surface area contributed by atoms with Gasteiger partial charge in [-0.1, -0.05) is 47.5 Å². The number of methoxy groups -OCH3 is 1. The van der Waals surface area contributed by atoms with Crippen molar-refractivity contribution in [2.75, 3.05) is 7.11 Å². The number of carbonyl (C=O) groups is 2. The Kier molecular flexibility index (Phi) is 8.51. The molecule has 0 fully saturated rings. The highest BCUT2D eigenvalue weighted by atomic mass is 35.5. The van der Waals surface area contributed by atoms with Crippen LogP contribution in [0.15, 0.2) is 84.5 Å².